The molecule has 21 heavy (non-hydrogen) atoms. The molecular weight excluding hydrogens is 332 g/mol. The Morgan fingerprint density at radius 1 is 1.10 bits per heavy atom. The van der Waals surface area contributed by atoms with Gasteiger partial charge in [-0.05, 0) is 12.5 Å². The second kappa shape index (κ2) is 9.13. The third-order valence-electron chi connectivity index (χ3n) is 2.88. The summed E-state index contributed by atoms with van der Waals surface area (Å²) in [5, 5.41) is 2.70. The lowest BCUT2D eigenvalue weighted by molar-refractivity contribution is -0.688. The van der Waals surface area contributed by atoms with Gasteiger partial charge in [0.05, 0.1) is 6.61 Å². The fourth-order valence-corrected chi connectivity index (χ4v) is 1.86. The van der Waals surface area contributed by atoms with E-state index in [0.717, 1.165) is 12.1 Å². The molecule has 1 amide bonds. The molecule has 5 heteroatoms. The molecule has 1 N–H and O–H groups in total. The molecule has 4 nitrogen and oxygen atoms in total. The van der Waals surface area contributed by atoms with Gasteiger partial charge in [0.25, 0.3) is 0 Å². The van der Waals surface area contributed by atoms with E-state index in [1.165, 1.54) is 5.56 Å². The van der Waals surface area contributed by atoms with E-state index < -0.39 is 0 Å². The van der Waals surface area contributed by atoms with Gasteiger partial charge in [-0.15, -0.1) is 0 Å². The second-order valence-electron chi connectivity index (χ2n) is 4.44. The van der Waals surface area contributed by atoms with Crippen LogP contribution < -0.4 is 26.9 Å². The van der Waals surface area contributed by atoms with Crippen LogP contribution in [0.2, 0.25) is 0 Å². The van der Waals surface area contributed by atoms with Gasteiger partial charge in [-0.3, -0.25) is 0 Å². The third kappa shape index (κ3) is 5.95. The van der Waals surface area contributed by atoms with Gasteiger partial charge < -0.3 is 27.0 Å². The Labute approximate surface area is 135 Å². The average Bonchev–Trinajstić information content (AvgIpc) is 2.48. The van der Waals surface area contributed by atoms with Crippen molar-refractivity contribution in [2.24, 2.45) is 0 Å². The van der Waals surface area contributed by atoms with Crippen LogP contribution in [-0.2, 0) is 17.8 Å². The summed E-state index contributed by atoms with van der Waals surface area (Å²) in [6.07, 6.45) is 3.64. The number of carbonyl (C=O) groups excluding carboxylic acids is 1. The summed E-state index contributed by atoms with van der Waals surface area (Å²) in [5.74, 6) is 0. The topological polar surface area (TPSA) is 42.2 Å². The SMILES string of the molecule is CCOC(=O)NCc1cc[n+](Cc2ccccc2)cc1.[Br-]. The molecule has 0 fully saturated rings. The van der Waals surface area contributed by atoms with Crippen LogP contribution in [0, 0.1) is 0 Å². The molecule has 0 atom stereocenters. The molecule has 0 saturated heterocycles. The highest BCUT2D eigenvalue weighted by molar-refractivity contribution is 5.67. The van der Waals surface area contributed by atoms with Crippen LogP contribution in [0.15, 0.2) is 54.9 Å². The Bertz CT molecular complexity index is 544. The lowest BCUT2D eigenvalue weighted by Crippen LogP contribution is -3.00. The van der Waals surface area contributed by atoms with Crippen LogP contribution in [0.3, 0.4) is 0 Å². The number of carbonyl (C=O) groups is 1. The molecule has 0 unspecified atom stereocenters. The van der Waals surface area contributed by atoms with Crippen LogP contribution in [-0.4, -0.2) is 12.7 Å². The fraction of sp³-hybridized carbons (Fsp3) is 0.250. The van der Waals surface area contributed by atoms with E-state index in [0.29, 0.717) is 13.2 Å². The molecule has 2 aromatic rings. The summed E-state index contributed by atoms with van der Waals surface area (Å²) >= 11 is 0. The molecule has 1 aromatic carbocycles. The maximum atomic E-state index is 11.2. The van der Waals surface area contributed by atoms with Crippen molar-refractivity contribution < 1.29 is 31.1 Å². The lowest BCUT2D eigenvalue weighted by Gasteiger charge is -2.04. The number of benzene rings is 1. The van der Waals surface area contributed by atoms with Crippen molar-refractivity contribution in [3.63, 3.8) is 0 Å². The number of nitrogens with one attached hydrogen (secondary N) is 1. The Morgan fingerprint density at radius 2 is 1.76 bits per heavy atom. The number of amides is 1. The predicted molar refractivity (Wildman–Crippen MR) is 76.0 cm³/mol. The lowest BCUT2D eigenvalue weighted by atomic mass is 10.2. The first-order valence-corrected chi connectivity index (χ1v) is 6.70. The van der Waals surface area contributed by atoms with E-state index in [1.54, 1.807) is 6.92 Å². The van der Waals surface area contributed by atoms with E-state index in [9.17, 15) is 4.79 Å². The molecule has 112 valence electrons. The van der Waals surface area contributed by atoms with Crippen molar-refractivity contribution in [3.05, 3.63) is 66.0 Å². The van der Waals surface area contributed by atoms with E-state index in [-0.39, 0.29) is 23.1 Å². The standard InChI is InChI=1S/C16H18N2O2.BrH/c1-2-20-16(19)17-12-14-8-10-18(11-9-14)13-15-6-4-3-5-7-15;/h3-11H,2,12-13H2,1H3;1H. The average molecular weight is 351 g/mol. The summed E-state index contributed by atoms with van der Waals surface area (Å²) in [6.45, 7) is 3.49. The largest absolute Gasteiger partial charge is 1.00 e. The predicted octanol–water partition coefficient (Wildman–Crippen LogP) is -0.727. The number of hydrogen-bond acceptors (Lipinski definition) is 2. The van der Waals surface area contributed by atoms with Gasteiger partial charge in [0.1, 0.15) is 0 Å². The molecule has 2 rings (SSSR count). The minimum absolute atomic E-state index is 0. The number of aromatic nitrogens is 1. The van der Waals surface area contributed by atoms with Crippen LogP contribution in [0.1, 0.15) is 18.1 Å². The molecule has 0 radical (unpaired) electrons. The van der Waals surface area contributed by atoms with E-state index >= 15 is 0 Å². The van der Waals surface area contributed by atoms with Crippen LogP contribution in [0.25, 0.3) is 0 Å². The molecule has 0 bridgehead atoms. The Balaban J connectivity index is 0.00000220. The zero-order valence-electron chi connectivity index (χ0n) is 12.0. The number of rotatable bonds is 5. The number of halogens is 1. The minimum atomic E-state index is -0.381. The van der Waals surface area contributed by atoms with Gasteiger partial charge in [-0.25, -0.2) is 9.36 Å². The van der Waals surface area contributed by atoms with Gasteiger partial charge in [-0.1, -0.05) is 30.3 Å². The molecule has 1 heterocycles. The van der Waals surface area contributed by atoms with Crippen LogP contribution >= 0.6 is 0 Å². The van der Waals surface area contributed by atoms with Crippen molar-refractivity contribution in [1.82, 2.24) is 5.32 Å². The maximum Gasteiger partial charge on any atom is 0.407 e. The second-order valence-corrected chi connectivity index (χ2v) is 4.44. The number of hydrogen-bond donors (Lipinski definition) is 1. The van der Waals surface area contributed by atoms with Crippen molar-refractivity contribution in [2.45, 2.75) is 20.0 Å². The summed E-state index contributed by atoms with van der Waals surface area (Å²) in [5.41, 5.74) is 2.30. The van der Waals surface area contributed by atoms with Crippen molar-refractivity contribution in [3.8, 4) is 0 Å². The van der Waals surface area contributed by atoms with Gasteiger partial charge in [0.15, 0.2) is 18.9 Å². The molecule has 1 aromatic heterocycles. The summed E-state index contributed by atoms with van der Waals surface area (Å²) in [6, 6.07) is 14.3. The number of pyridine rings is 1. The Hall–Kier alpha value is -1.88. The highest BCUT2D eigenvalue weighted by atomic mass is 79.9. The first kappa shape index (κ1) is 17.2. The van der Waals surface area contributed by atoms with E-state index in [2.05, 4.69) is 22.0 Å². The number of alkyl carbamates (subject to hydrolysis) is 1. The van der Waals surface area contributed by atoms with Gasteiger partial charge in [0.2, 0.25) is 0 Å². The van der Waals surface area contributed by atoms with Crippen molar-refractivity contribution in [1.29, 1.82) is 0 Å². The first-order valence-electron chi connectivity index (χ1n) is 6.70. The van der Waals surface area contributed by atoms with Gasteiger partial charge in [0, 0.05) is 24.2 Å². The molecule has 0 aliphatic carbocycles. The number of ether oxygens (including phenoxy) is 1. The Kier molecular flexibility index (Phi) is 7.46. The smallest absolute Gasteiger partial charge is 0.407 e. The molecule has 0 saturated carbocycles. The summed E-state index contributed by atoms with van der Waals surface area (Å²) < 4.78 is 6.91. The van der Waals surface area contributed by atoms with E-state index in [1.807, 2.05) is 42.7 Å². The van der Waals surface area contributed by atoms with Crippen molar-refractivity contribution in [2.75, 3.05) is 6.61 Å². The molecule has 0 spiro atoms. The third-order valence-corrected chi connectivity index (χ3v) is 2.88. The minimum Gasteiger partial charge on any atom is -1.00 e. The summed E-state index contributed by atoms with van der Waals surface area (Å²) in [7, 11) is 0. The first-order chi connectivity index (χ1) is 9.78. The van der Waals surface area contributed by atoms with Crippen LogP contribution in [0.5, 0.6) is 0 Å². The molecule has 0 aliphatic heterocycles. The number of nitrogens with zero attached hydrogens (tertiary/aromatic N) is 1. The fourth-order valence-electron chi connectivity index (χ4n) is 1.86. The van der Waals surface area contributed by atoms with Gasteiger partial charge >= 0.3 is 6.09 Å². The molecule has 0 aliphatic rings. The van der Waals surface area contributed by atoms with Gasteiger partial charge in [-0.2, -0.15) is 0 Å². The van der Waals surface area contributed by atoms with Crippen LogP contribution in [0.4, 0.5) is 4.79 Å². The Morgan fingerprint density at radius 3 is 2.38 bits per heavy atom. The van der Waals surface area contributed by atoms with E-state index in [4.69, 9.17) is 4.74 Å². The zero-order valence-corrected chi connectivity index (χ0v) is 13.5. The monoisotopic (exact) mass is 350 g/mol. The maximum absolute atomic E-state index is 11.2. The van der Waals surface area contributed by atoms with Crippen molar-refractivity contribution >= 4 is 6.09 Å². The quantitative estimate of drug-likeness (QED) is 0.722. The normalized spacial score (nSPS) is 9.57. The highest BCUT2D eigenvalue weighted by Gasteiger charge is 2.04. The molecular formula is C16H19BrN2O2. The summed E-state index contributed by atoms with van der Waals surface area (Å²) in [4.78, 5) is 11.2. The highest BCUT2D eigenvalue weighted by Crippen LogP contribution is 1.99. The zero-order chi connectivity index (χ0) is 14.2.